The Kier molecular flexibility index (Phi) is 3.26. The van der Waals surface area contributed by atoms with Gasteiger partial charge < -0.3 is 0 Å². The highest BCUT2D eigenvalue weighted by atomic mass is 79.9. The van der Waals surface area contributed by atoms with Crippen LogP contribution in [0.1, 0.15) is 19.3 Å². The number of alkyl halides is 2. The van der Waals surface area contributed by atoms with Crippen LogP contribution in [0.15, 0.2) is 0 Å². The van der Waals surface area contributed by atoms with Crippen LogP contribution < -0.4 is 0 Å². The van der Waals surface area contributed by atoms with E-state index in [1.165, 1.54) is 12.8 Å². The van der Waals surface area contributed by atoms with Gasteiger partial charge in [0.2, 0.25) is 0 Å². The highest BCUT2D eigenvalue weighted by Crippen LogP contribution is 2.71. The van der Waals surface area contributed by atoms with Gasteiger partial charge in [0, 0.05) is 0 Å². The van der Waals surface area contributed by atoms with Gasteiger partial charge in [0.15, 0.2) is 0 Å². The molecule has 88 valence electrons. The normalized spacial score (nSPS) is 37.7. The third-order valence-corrected chi connectivity index (χ3v) is 6.23. The molecule has 0 radical (unpaired) electrons. The summed E-state index contributed by atoms with van der Waals surface area (Å²) in [6.45, 7) is 0.322. The third-order valence-electron chi connectivity index (χ3n) is 3.41. The summed E-state index contributed by atoms with van der Waals surface area (Å²) < 4.78 is 26.5. The van der Waals surface area contributed by atoms with Crippen LogP contribution in [0.3, 0.4) is 0 Å². The van der Waals surface area contributed by atoms with Gasteiger partial charge in [0.05, 0.1) is 16.1 Å². The Hall–Kier alpha value is 0.870. The van der Waals surface area contributed by atoms with Crippen molar-refractivity contribution in [2.45, 2.75) is 22.5 Å². The van der Waals surface area contributed by atoms with E-state index in [0.29, 0.717) is 18.4 Å². The summed E-state index contributed by atoms with van der Waals surface area (Å²) in [4.78, 5) is 0. The quantitative estimate of drug-likeness (QED) is 0.570. The van der Waals surface area contributed by atoms with Crippen LogP contribution in [-0.2, 0) is 14.3 Å². The average molecular weight is 362 g/mol. The summed E-state index contributed by atoms with van der Waals surface area (Å²) in [7, 11) is -3.27. The molecule has 0 aromatic heterocycles. The van der Waals surface area contributed by atoms with Gasteiger partial charge in [-0.05, 0) is 37.0 Å². The summed E-state index contributed by atoms with van der Waals surface area (Å²) in [6, 6.07) is 0. The largest absolute Gasteiger partial charge is 0.270 e. The van der Waals surface area contributed by atoms with Gasteiger partial charge in [-0.1, -0.05) is 31.9 Å². The van der Waals surface area contributed by atoms with Crippen LogP contribution >= 0.6 is 31.9 Å². The lowest BCUT2D eigenvalue weighted by atomic mass is 10.0. The van der Waals surface area contributed by atoms with Gasteiger partial charge in [-0.15, -0.1) is 0 Å². The summed E-state index contributed by atoms with van der Waals surface area (Å²) in [6.07, 6.45) is 4.36. The van der Waals surface area contributed by atoms with E-state index in [9.17, 15) is 8.42 Å². The molecule has 3 nitrogen and oxygen atoms in total. The molecular weight excluding hydrogens is 348 g/mol. The van der Waals surface area contributed by atoms with Gasteiger partial charge in [-0.25, -0.2) is 0 Å². The second-order valence-corrected chi connectivity index (χ2v) is 9.79. The molecule has 2 fully saturated rings. The summed E-state index contributed by atoms with van der Waals surface area (Å²) in [5, 5.41) is 0. The van der Waals surface area contributed by atoms with Gasteiger partial charge in [-0.3, -0.25) is 4.18 Å². The minimum absolute atomic E-state index is 0.133. The van der Waals surface area contributed by atoms with Crippen LogP contribution in [0.5, 0.6) is 0 Å². The third kappa shape index (κ3) is 2.58. The molecule has 2 aliphatic rings. The van der Waals surface area contributed by atoms with Crippen LogP contribution in [0.2, 0.25) is 0 Å². The van der Waals surface area contributed by atoms with E-state index in [2.05, 4.69) is 31.9 Å². The molecule has 0 spiro atoms. The van der Waals surface area contributed by atoms with Gasteiger partial charge in [0.25, 0.3) is 10.1 Å². The molecule has 2 rings (SSSR count). The minimum atomic E-state index is -3.27. The van der Waals surface area contributed by atoms with E-state index in [1.54, 1.807) is 0 Å². The van der Waals surface area contributed by atoms with E-state index < -0.39 is 10.1 Å². The Morgan fingerprint density at radius 3 is 2.53 bits per heavy atom. The van der Waals surface area contributed by atoms with Crippen molar-refractivity contribution in [2.24, 2.45) is 17.8 Å². The first-order valence-corrected chi connectivity index (χ1v) is 8.45. The summed E-state index contributed by atoms with van der Waals surface area (Å²) in [5.41, 5.74) is 0. The highest BCUT2D eigenvalue weighted by Gasteiger charge is 2.66. The molecule has 0 aromatic carbocycles. The zero-order valence-corrected chi connectivity index (χ0v) is 12.4. The molecular formula is C9H14Br2O3S. The molecule has 3 atom stereocenters. The second-order valence-electron chi connectivity index (χ2n) is 4.46. The second kappa shape index (κ2) is 3.96. The van der Waals surface area contributed by atoms with Crippen molar-refractivity contribution in [1.82, 2.24) is 0 Å². The lowest BCUT2D eigenvalue weighted by Gasteiger charge is -2.14. The van der Waals surface area contributed by atoms with Gasteiger partial charge >= 0.3 is 0 Å². The van der Waals surface area contributed by atoms with Crippen molar-refractivity contribution in [3.05, 3.63) is 0 Å². The summed E-state index contributed by atoms with van der Waals surface area (Å²) in [5.74, 6) is 1.97. The number of halogens is 2. The van der Waals surface area contributed by atoms with E-state index >= 15 is 0 Å². The standard InChI is InChI=1S/C9H14Br2O3S/c1-15(12,13)14-5-4-6-2-3-7-8(6)9(7,10)11/h6-8H,2-5H2,1H3/t6-,7+,8-/m1/s1. The number of hydrogen-bond donors (Lipinski definition) is 0. The van der Waals surface area contributed by atoms with Crippen LogP contribution in [0.25, 0.3) is 0 Å². The molecule has 15 heavy (non-hydrogen) atoms. The molecule has 2 saturated carbocycles. The molecule has 0 aromatic rings. The fourth-order valence-electron chi connectivity index (χ4n) is 2.68. The van der Waals surface area contributed by atoms with E-state index in [0.717, 1.165) is 18.6 Å². The molecule has 0 N–H and O–H groups in total. The first kappa shape index (κ1) is 12.3. The average Bonchev–Trinajstić information content (AvgIpc) is 2.45. The number of rotatable bonds is 4. The number of fused-ring (bicyclic) bond motifs is 1. The Labute approximate surface area is 107 Å². The lowest BCUT2D eigenvalue weighted by molar-refractivity contribution is 0.275. The van der Waals surface area contributed by atoms with E-state index in [4.69, 9.17) is 4.18 Å². The van der Waals surface area contributed by atoms with E-state index in [-0.39, 0.29) is 3.23 Å². The molecule has 0 bridgehead atoms. The Bertz CT molecular complexity index is 352. The smallest absolute Gasteiger partial charge is 0.264 e. The molecule has 0 amide bonds. The first-order valence-electron chi connectivity index (χ1n) is 5.04. The van der Waals surface area contributed by atoms with Crippen molar-refractivity contribution < 1.29 is 12.6 Å². The zero-order valence-electron chi connectivity index (χ0n) is 8.45. The molecule has 2 aliphatic carbocycles. The maximum Gasteiger partial charge on any atom is 0.264 e. The predicted octanol–water partition coefficient (Wildman–Crippen LogP) is 2.49. The molecule has 0 unspecified atom stereocenters. The lowest BCUT2D eigenvalue weighted by Crippen LogP contribution is -2.12. The summed E-state index contributed by atoms with van der Waals surface area (Å²) >= 11 is 7.32. The molecule has 0 aliphatic heterocycles. The van der Waals surface area contributed by atoms with Crippen molar-refractivity contribution >= 4 is 42.0 Å². The molecule has 6 heteroatoms. The minimum Gasteiger partial charge on any atom is -0.270 e. The van der Waals surface area contributed by atoms with Gasteiger partial charge in [0.1, 0.15) is 0 Å². The van der Waals surface area contributed by atoms with Crippen molar-refractivity contribution in [2.75, 3.05) is 12.9 Å². The van der Waals surface area contributed by atoms with Crippen molar-refractivity contribution in [1.29, 1.82) is 0 Å². The van der Waals surface area contributed by atoms with E-state index in [1.807, 2.05) is 0 Å². The van der Waals surface area contributed by atoms with Crippen LogP contribution in [0, 0.1) is 17.8 Å². The van der Waals surface area contributed by atoms with Gasteiger partial charge in [-0.2, -0.15) is 8.42 Å². The van der Waals surface area contributed by atoms with Crippen LogP contribution in [-0.4, -0.2) is 24.5 Å². The molecule has 0 saturated heterocycles. The Morgan fingerprint density at radius 2 is 2.07 bits per heavy atom. The highest BCUT2D eigenvalue weighted by molar-refractivity contribution is 9.25. The zero-order chi connectivity index (χ0) is 11.3. The SMILES string of the molecule is CS(=O)(=O)OCC[C@H]1CC[C@H]2[C@@H]1C2(Br)Br. The predicted molar refractivity (Wildman–Crippen MR) is 65.7 cm³/mol. The maximum atomic E-state index is 10.8. The Balaban J connectivity index is 1.78. The Morgan fingerprint density at radius 1 is 1.40 bits per heavy atom. The topological polar surface area (TPSA) is 43.4 Å². The van der Waals surface area contributed by atoms with Crippen molar-refractivity contribution in [3.63, 3.8) is 0 Å². The fraction of sp³-hybridized carbons (Fsp3) is 1.00. The maximum absolute atomic E-state index is 10.8. The van der Waals surface area contributed by atoms with Crippen molar-refractivity contribution in [3.8, 4) is 0 Å². The fourth-order valence-corrected chi connectivity index (χ4v) is 5.23. The monoisotopic (exact) mass is 360 g/mol. The van der Waals surface area contributed by atoms with Crippen LogP contribution in [0.4, 0.5) is 0 Å². The number of hydrogen-bond acceptors (Lipinski definition) is 3. The molecule has 0 heterocycles. The first-order chi connectivity index (χ1) is 6.82.